The van der Waals surface area contributed by atoms with Gasteiger partial charge in [-0.15, -0.1) is 0 Å². The van der Waals surface area contributed by atoms with Crippen LogP contribution in [0, 0.1) is 0 Å². The molecule has 0 amide bonds. The first-order valence-corrected chi connectivity index (χ1v) is 8.34. The van der Waals surface area contributed by atoms with Gasteiger partial charge in [-0.3, -0.25) is 10.9 Å². The summed E-state index contributed by atoms with van der Waals surface area (Å²) in [5, 5.41) is 34.2. The SMILES string of the molecule is Oc1ccc(/C=N\Nc2nc3nonc3nc2N/N=C\c2ccc(O)cc2)cc1. The van der Waals surface area contributed by atoms with Crippen LogP contribution in [0.3, 0.4) is 0 Å². The first-order chi connectivity index (χ1) is 14.2. The molecule has 0 bridgehead atoms. The van der Waals surface area contributed by atoms with Gasteiger partial charge in [-0.2, -0.15) is 20.2 Å². The van der Waals surface area contributed by atoms with Crippen LogP contribution in [-0.2, 0) is 0 Å². The Morgan fingerprint density at radius 3 is 1.52 bits per heavy atom. The van der Waals surface area contributed by atoms with E-state index in [4.69, 9.17) is 0 Å². The van der Waals surface area contributed by atoms with E-state index >= 15 is 0 Å². The minimum absolute atomic E-state index is 0.169. The van der Waals surface area contributed by atoms with E-state index in [1.165, 1.54) is 0 Å². The minimum Gasteiger partial charge on any atom is -0.508 e. The number of nitrogens with one attached hydrogen (secondary N) is 2. The Balaban J connectivity index is 1.53. The van der Waals surface area contributed by atoms with Crippen molar-refractivity contribution in [2.24, 2.45) is 10.2 Å². The Kier molecular flexibility index (Phi) is 4.93. The maximum atomic E-state index is 9.32. The molecule has 0 aliphatic rings. The fourth-order valence-corrected chi connectivity index (χ4v) is 2.25. The number of nitrogens with zero attached hydrogens (tertiary/aromatic N) is 6. The van der Waals surface area contributed by atoms with Gasteiger partial charge in [-0.05, 0) is 70.0 Å². The normalized spacial score (nSPS) is 11.4. The number of rotatable bonds is 6. The van der Waals surface area contributed by atoms with Gasteiger partial charge in [0.05, 0.1) is 12.4 Å². The Morgan fingerprint density at radius 2 is 1.10 bits per heavy atom. The van der Waals surface area contributed by atoms with Crippen LogP contribution in [0.2, 0.25) is 0 Å². The number of aromatic nitrogens is 4. The zero-order chi connectivity index (χ0) is 20.1. The van der Waals surface area contributed by atoms with E-state index in [9.17, 15) is 10.2 Å². The molecule has 4 aromatic rings. The van der Waals surface area contributed by atoms with E-state index in [1.54, 1.807) is 61.0 Å². The molecular weight excluding hydrogens is 376 g/mol. The highest BCUT2D eigenvalue weighted by Gasteiger charge is 2.11. The van der Waals surface area contributed by atoms with Crippen molar-refractivity contribution in [3.8, 4) is 11.5 Å². The van der Waals surface area contributed by atoms with Gasteiger partial charge in [0.2, 0.25) is 11.3 Å². The predicted molar refractivity (Wildman–Crippen MR) is 106 cm³/mol. The molecule has 0 fully saturated rings. The summed E-state index contributed by atoms with van der Waals surface area (Å²) in [6.07, 6.45) is 3.10. The van der Waals surface area contributed by atoms with E-state index in [0.717, 1.165) is 11.1 Å². The van der Waals surface area contributed by atoms with Gasteiger partial charge >= 0.3 is 0 Å². The highest BCUT2D eigenvalue weighted by molar-refractivity contribution is 5.82. The van der Waals surface area contributed by atoms with Gasteiger partial charge in [-0.1, -0.05) is 0 Å². The van der Waals surface area contributed by atoms with Crippen molar-refractivity contribution in [3.63, 3.8) is 0 Å². The maximum Gasteiger partial charge on any atom is 0.245 e. The van der Waals surface area contributed by atoms with E-state index < -0.39 is 0 Å². The van der Waals surface area contributed by atoms with Crippen molar-refractivity contribution in [3.05, 3.63) is 59.7 Å². The lowest BCUT2D eigenvalue weighted by Gasteiger charge is -2.05. The number of hydrogen-bond acceptors (Lipinski definition) is 11. The number of phenolic OH excluding ortho intramolecular Hbond substituents is 2. The third-order valence-corrected chi connectivity index (χ3v) is 3.67. The Bertz CT molecular complexity index is 1080. The molecule has 2 aromatic carbocycles. The third-order valence-electron chi connectivity index (χ3n) is 3.67. The lowest BCUT2D eigenvalue weighted by molar-refractivity contribution is 0.314. The summed E-state index contributed by atoms with van der Waals surface area (Å²) < 4.78 is 4.64. The van der Waals surface area contributed by atoms with Crippen molar-refractivity contribution in [1.29, 1.82) is 0 Å². The summed E-state index contributed by atoms with van der Waals surface area (Å²) in [7, 11) is 0. The topological polar surface area (TPSA) is 154 Å². The fraction of sp³-hybridized carbons (Fsp3) is 0. The molecule has 0 spiro atoms. The quantitative estimate of drug-likeness (QED) is 0.287. The summed E-state index contributed by atoms with van der Waals surface area (Å²) in [5.74, 6) is 0.850. The summed E-state index contributed by atoms with van der Waals surface area (Å²) in [4.78, 5) is 8.51. The first-order valence-electron chi connectivity index (χ1n) is 8.34. The second-order valence-electron chi connectivity index (χ2n) is 5.76. The summed E-state index contributed by atoms with van der Waals surface area (Å²) >= 11 is 0. The molecule has 0 aliphatic heterocycles. The molecule has 0 saturated carbocycles. The van der Waals surface area contributed by atoms with Crippen molar-refractivity contribution in [1.82, 2.24) is 20.3 Å². The molecule has 0 aliphatic carbocycles. The molecule has 4 N–H and O–H groups in total. The Labute approximate surface area is 163 Å². The highest BCUT2D eigenvalue weighted by atomic mass is 16.6. The Morgan fingerprint density at radius 1 is 0.690 bits per heavy atom. The third kappa shape index (κ3) is 4.42. The van der Waals surface area contributed by atoms with Gasteiger partial charge in [0.15, 0.2) is 11.6 Å². The van der Waals surface area contributed by atoms with E-state index in [0.29, 0.717) is 0 Å². The molecule has 11 nitrogen and oxygen atoms in total. The summed E-state index contributed by atoms with van der Waals surface area (Å²) in [6, 6.07) is 13.0. The zero-order valence-electron chi connectivity index (χ0n) is 14.8. The average Bonchev–Trinajstić information content (AvgIpc) is 3.18. The smallest absolute Gasteiger partial charge is 0.245 e. The summed E-state index contributed by atoms with van der Waals surface area (Å²) in [5.41, 5.74) is 7.50. The monoisotopic (exact) mass is 390 g/mol. The van der Waals surface area contributed by atoms with Crippen LogP contribution in [-0.4, -0.2) is 42.9 Å². The molecule has 0 unspecified atom stereocenters. The molecule has 2 heterocycles. The van der Waals surface area contributed by atoms with Crippen molar-refractivity contribution < 1.29 is 14.8 Å². The first kappa shape index (κ1) is 17.9. The molecular formula is C18H14N8O3. The van der Waals surface area contributed by atoms with Crippen molar-refractivity contribution >= 4 is 35.4 Å². The fourth-order valence-electron chi connectivity index (χ4n) is 2.25. The number of phenols is 2. The minimum atomic E-state index is 0.169. The number of benzene rings is 2. The number of fused-ring (bicyclic) bond motifs is 1. The molecule has 144 valence electrons. The standard InChI is InChI=1S/C18H14N8O3/c27-13-5-1-11(2-6-13)9-19-23-15-16(22-18-17(21-15)25-29-26-18)24-20-10-12-3-7-14(28)8-4-12/h1-10,27-28H,(H,21,23,25)(H,22,24,26)/b19-9-,20-10-. The molecule has 11 heteroatoms. The van der Waals surface area contributed by atoms with Gasteiger partial charge < -0.3 is 10.2 Å². The molecule has 0 saturated heterocycles. The van der Waals surface area contributed by atoms with Gasteiger partial charge in [-0.25, -0.2) is 4.63 Å². The maximum absolute atomic E-state index is 9.32. The van der Waals surface area contributed by atoms with Crippen LogP contribution >= 0.6 is 0 Å². The Hall–Kier alpha value is -4.54. The van der Waals surface area contributed by atoms with Gasteiger partial charge in [0.1, 0.15) is 11.5 Å². The lowest BCUT2D eigenvalue weighted by Crippen LogP contribution is -2.03. The molecule has 2 aromatic heterocycles. The van der Waals surface area contributed by atoms with Crippen LogP contribution < -0.4 is 10.9 Å². The van der Waals surface area contributed by atoms with Gasteiger partial charge in [0, 0.05) is 0 Å². The molecule has 29 heavy (non-hydrogen) atoms. The lowest BCUT2D eigenvalue weighted by atomic mass is 10.2. The molecule has 4 rings (SSSR count). The largest absolute Gasteiger partial charge is 0.508 e. The molecule has 0 atom stereocenters. The van der Waals surface area contributed by atoms with E-state index in [-0.39, 0.29) is 34.4 Å². The highest BCUT2D eigenvalue weighted by Crippen LogP contribution is 2.19. The average molecular weight is 390 g/mol. The van der Waals surface area contributed by atoms with E-state index in [2.05, 4.69) is 46.0 Å². The van der Waals surface area contributed by atoms with Crippen molar-refractivity contribution in [2.45, 2.75) is 0 Å². The number of hydrogen-bond donors (Lipinski definition) is 4. The van der Waals surface area contributed by atoms with E-state index in [1.807, 2.05) is 0 Å². The van der Waals surface area contributed by atoms with Gasteiger partial charge in [0.25, 0.3) is 0 Å². The second-order valence-corrected chi connectivity index (χ2v) is 5.76. The number of anilines is 2. The number of aromatic hydroxyl groups is 2. The summed E-state index contributed by atoms with van der Waals surface area (Å²) in [6.45, 7) is 0. The van der Waals surface area contributed by atoms with Crippen LogP contribution in [0.4, 0.5) is 11.6 Å². The van der Waals surface area contributed by atoms with Crippen LogP contribution in [0.15, 0.2) is 63.4 Å². The molecule has 0 radical (unpaired) electrons. The van der Waals surface area contributed by atoms with Crippen LogP contribution in [0.5, 0.6) is 11.5 Å². The van der Waals surface area contributed by atoms with Crippen LogP contribution in [0.1, 0.15) is 11.1 Å². The second kappa shape index (κ2) is 8.00. The zero-order valence-corrected chi connectivity index (χ0v) is 14.8. The van der Waals surface area contributed by atoms with Crippen molar-refractivity contribution in [2.75, 3.05) is 10.9 Å². The van der Waals surface area contributed by atoms with Crippen LogP contribution in [0.25, 0.3) is 11.3 Å². The number of hydrazone groups is 2. The predicted octanol–water partition coefficient (Wildman–Crippen LogP) is 2.32.